The molecule has 2 unspecified atom stereocenters. The second-order valence-electron chi connectivity index (χ2n) is 6.61. The minimum atomic E-state index is -4.15. The molecule has 0 spiro atoms. The van der Waals surface area contributed by atoms with Crippen molar-refractivity contribution in [3.05, 3.63) is 70.5 Å². The molecule has 0 saturated heterocycles. The van der Waals surface area contributed by atoms with Gasteiger partial charge in [0.2, 0.25) is 0 Å². The molecule has 0 bridgehead atoms. The normalized spacial score (nSPS) is 17.8. The Kier molecular flexibility index (Phi) is 7.14. The van der Waals surface area contributed by atoms with Crippen LogP contribution in [0.2, 0.25) is 5.02 Å². The number of nitrogens with one attached hydrogen (secondary N) is 2. The molecular weight excluding hydrogens is 465 g/mol. The minimum Gasteiger partial charge on any atom is -0.467 e. The molecule has 0 radical (unpaired) electrons. The van der Waals surface area contributed by atoms with Crippen LogP contribution in [0.3, 0.4) is 0 Å². The highest BCUT2D eigenvalue weighted by atomic mass is 35.5. The van der Waals surface area contributed by atoms with Gasteiger partial charge >= 0.3 is 5.97 Å². The number of nitrogens with two attached hydrogens (primary N) is 1. The number of rotatable bonds is 7. The van der Waals surface area contributed by atoms with Crippen LogP contribution in [-0.4, -0.2) is 38.9 Å². The van der Waals surface area contributed by atoms with Crippen molar-refractivity contribution in [2.45, 2.75) is 18.1 Å². The zero-order chi connectivity index (χ0) is 23.5. The highest BCUT2D eigenvalue weighted by molar-refractivity contribution is 7.93. The fraction of sp³-hybridized carbons (Fsp3) is 0.200. The number of hydrogen-bond donors (Lipinski definition) is 3. The van der Waals surface area contributed by atoms with Crippen molar-refractivity contribution in [2.24, 2.45) is 5.73 Å². The number of anilines is 2. The van der Waals surface area contributed by atoms with Crippen molar-refractivity contribution >= 4 is 44.9 Å². The van der Waals surface area contributed by atoms with Crippen LogP contribution >= 0.6 is 11.6 Å². The van der Waals surface area contributed by atoms with Crippen molar-refractivity contribution in [2.75, 3.05) is 17.1 Å². The number of carbonyl (C=O) groups excluding carboxylic acids is 2. The second kappa shape index (κ2) is 9.65. The molecule has 2 atom stereocenters. The Morgan fingerprint density at radius 1 is 1.25 bits per heavy atom. The van der Waals surface area contributed by atoms with Crippen LogP contribution in [-0.2, 0) is 30.8 Å². The molecule has 9 nitrogen and oxygen atoms in total. The van der Waals surface area contributed by atoms with E-state index < -0.39 is 39.3 Å². The molecule has 0 fully saturated rings. The zero-order valence-electron chi connectivity index (χ0n) is 16.7. The summed E-state index contributed by atoms with van der Waals surface area (Å²) in [5.74, 6) is -2.36. The fourth-order valence-corrected chi connectivity index (χ4v) is 4.33. The van der Waals surface area contributed by atoms with E-state index in [2.05, 4.69) is 14.8 Å². The van der Waals surface area contributed by atoms with Gasteiger partial charge in [0.25, 0.3) is 15.9 Å². The van der Waals surface area contributed by atoms with E-state index in [4.69, 9.17) is 22.1 Å². The Labute approximate surface area is 188 Å². The van der Waals surface area contributed by atoms with E-state index in [-0.39, 0.29) is 28.5 Å². The summed E-state index contributed by atoms with van der Waals surface area (Å²) in [6.07, 6.45) is 1.33. The quantitative estimate of drug-likeness (QED) is 0.406. The number of halogens is 2. The van der Waals surface area contributed by atoms with Gasteiger partial charge in [0.05, 0.1) is 23.4 Å². The number of sulfonamides is 1. The molecule has 0 saturated carbocycles. The van der Waals surface area contributed by atoms with Crippen LogP contribution in [0.5, 0.6) is 0 Å². The number of ether oxygens (including phenoxy) is 2. The van der Waals surface area contributed by atoms with Crippen molar-refractivity contribution < 1.29 is 31.9 Å². The molecule has 1 aliphatic heterocycles. The Balaban J connectivity index is 1.82. The molecule has 2 aromatic rings. The lowest BCUT2D eigenvalue weighted by Crippen LogP contribution is -2.31. The van der Waals surface area contributed by atoms with E-state index in [9.17, 15) is 22.4 Å². The van der Waals surface area contributed by atoms with Crippen molar-refractivity contribution in [3.8, 4) is 0 Å². The maximum Gasteiger partial charge on any atom is 0.339 e. The number of amides is 1. The maximum absolute atomic E-state index is 14.0. The highest BCUT2D eigenvalue weighted by Crippen LogP contribution is 2.27. The SMILES string of the molecule is COC(=O)C1C=CC(S(=O)(=O)Nc2cc(NC(=O)c3c(F)cccc3Cl)ccc2CN)O1. The van der Waals surface area contributed by atoms with Gasteiger partial charge in [-0.15, -0.1) is 0 Å². The van der Waals surface area contributed by atoms with Crippen LogP contribution in [0.4, 0.5) is 15.8 Å². The highest BCUT2D eigenvalue weighted by Gasteiger charge is 2.35. The Morgan fingerprint density at radius 3 is 2.66 bits per heavy atom. The lowest BCUT2D eigenvalue weighted by atomic mass is 10.1. The smallest absolute Gasteiger partial charge is 0.339 e. The average molecular weight is 484 g/mol. The van der Waals surface area contributed by atoms with Gasteiger partial charge in [0.1, 0.15) is 5.82 Å². The van der Waals surface area contributed by atoms with Gasteiger partial charge in [0, 0.05) is 12.2 Å². The zero-order valence-corrected chi connectivity index (χ0v) is 18.2. The van der Waals surface area contributed by atoms with E-state index in [1.165, 1.54) is 42.5 Å². The van der Waals surface area contributed by atoms with Gasteiger partial charge in [-0.1, -0.05) is 23.7 Å². The molecule has 12 heteroatoms. The average Bonchev–Trinajstić information content (AvgIpc) is 3.24. The predicted octanol–water partition coefficient (Wildman–Crippen LogP) is 2.39. The summed E-state index contributed by atoms with van der Waals surface area (Å²) in [6.45, 7) is -0.0165. The lowest BCUT2D eigenvalue weighted by Gasteiger charge is -2.17. The Bertz CT molecular complexity index is 1170. The molecule has 170 valence electrons. The first-order chi connectivity index (χ1) is 15.2. The largest absolute Gasteiger partial charge is 0.467 e. The van der Waals surface area contributed by atoms with E-state index in [0.29, 0.717) is 5.56 Å². The molecular formula is C20H19ClFN3O6S. The number of methoxy groups -OCH3 is 1. The third-order valence-corrected chi connectivity index (χ3v) is 6.19. The molecule has 3 rings (SSSR count). The number of benzene rings is 2. The molecule has 0 aliphatic carbocycles. The second-order valence-corrected chi connectivity index (χ2v) is 8.77. The molecule has 2 aromatic carbocycles. The van der Waals surface area contributed by atoms with Crippen LogP contribution in [0, 0.1) is 5.82 Å². The first kappa shape index (κ1) is 23.7. The Morgan fingerprint density at radius 2 is 2.00 bits per heavy atom. The molecule has 1 amide bonds. The van der Waals surface area contributed by atoms with Gasteiger partial charge < -0.3 is 20.5 Å². The standard InChI is InChI=1S/C20H19ClFN3O6S/c1-30-20(27)16-7-8-17(31-16)32(28,29)25-15-9-12(6-5-11(15)10-23)24-19(26)18-13(21)3-2-4-14(18)22/h2-9,16-17,25H,10,23H2,1H3,(H,24,26). The maximum atomic E-state index is 14.0. The molecule has 1 aliphatic rings. The minimum absolute atomic E-state index is 0.0165. The van der Waals surface area contributed by atoms with Crippen LogP contribution < -0.4 is 15.8 Å². The van der Waals surface area contributed by atoms with E-state index >= 15 is 0 Å². The van der Waals surface area contributed by atoms with Gasteiger partial charge in [0.15, 0.2) is 11.5 Å². The van der Waals surface area contributed by atoms with Crippen molar-refractivity contribution in [1.82, 2.24) is 0 Å². The van der Waals surface area contributed by atoms with Gasteiger partial charge in [-0.3, -0.25) is 9.52 Å². The third-order valence-electron chi connectivity index (χ3n) is 4.49. The van der Waals surface area contributed by atoms with Crippen LogP contribution in [0.15, 0.2) is 48.6 Å². The molecule has 1 heterocycles. The van der Waals surface area contributed by atoms with Crippen molar-refractivity contribution in [1.29, 1.82) is 0 Å². The molecule has 0 aromatic heterocycles. The van der Waals surface area contributed by atoms with Crippen LogP contribution in [0.25, 0.3) is 0 Å². The summed E-state index contributed by atoms with van der Waals surface area (Å²) in [6, 6.07) is 8.12. The monoisotopic (exact) mass is 483 g/mol. The first-order valence-corrected chi connectivity index (χ1v) is 11.1. The fourth-order valence-electron chi connectivity index (χ4n) is 2.90. The van der Waals surface area contributed by atoms with Crippen LogP contribution in [0.1, 0.15) is 15.9 Å². The van der Waals surface area contributed by atoms with Gasteiger partial charge in [-0.25, -0.2) is 17.6 Å². The van der Waals surface area contributed by atoms with Crippen molar-refractivity contribution in [3.63, 3.8) is 0 Å². The third kappa shape index (κ3) is 5.07. The lowest BCUT2D eigenvalue weighted by molar-refractivity contribution is -0.149. The molecule has 4 N–H and O–H groups in total. The number of carbonyl (C=O) groups is 2. The first-order valence-electron chi connectivity index (χ1n) is 9.18. The summed E-state index contributed by atoms with van der Waals surface area (Å²) >= 11 is 5.91. The van der Waals surface area contributed by atoms with Gasteiger partial charge in [-0.05, 0) is 42.0 Å². The summed E-state index contributed by atoms with van der Waals surface area (Å²) in [4.78, 5) is 24.0. The summed E-state index contributed by atoms with van der Waals surface area (Å²) in [7, 11) is -2.99. The summed E-state index contributed by atoms with van der Waals surface area (Å²) < 4.78 is 51.6. The van der Waals surface area contributed by atoms with E-state index in [1.807, 2.05) is 0 Å². The number of hydrogen-bond acceptors (Lipinski definition) is 7. The predicted molar refractivity (Wildman–Crippen MR) is 116 cm³/mol. The number of esters is 1. The van der Waals surface area contributed by atoms with Gasteiger partial charge in [-0.2, -0.15) is 0 Å². The van der Waals surface area contributed by atoms with E-state index in [0.717, 1.165) is 13.2 Å². The summed E-state index contributed by atoms with van der Waals surface area (Å²) in [5, 5.41) is 2.39. The Hall–Kier alpha value is -2.99. The topological polar surface area (TPSA) is 137 Å². The van der Waals surface area contributed by atoms with E-state index in [1.54, 1.807) is 0 Å². The summed E-state index contributed by atoms with van der Waals surface area (Å²) in [5.41, 5.74) is 4.55. The molecule has 32 heavy (non-hydrogen) atoms.